The van der Waals surface area contributed by atoms with Crippen molar-refractivity contribution in [3.63, 3.8) is 0 Å². The van der Waals surface area contributed by atoms with Gasteiger partial charge in [0.15, 0.2) is 0 Å². The number of rotatable bonds is 2. The van der Waals surface area contributed by atoms with Gasteiger partial charge in [0, 0.05) is 11.5 Å². The van der Waals surface area contributed by atoms with E-state index in [1.165, 1.54) is 0 Å². The number of nitrogens with one attached hydrogen (secondary N) is 1. The van der Waals surface area contributed by atoms with Crippen LogP contribution in [0.15, 0.2) is 16.9 Å². The summed E-state index contributed by atoms with van der Waals surface area (Å²) >= 11 is 3.38. The van der Waals surface area contributed by atoms with Gasteiger partial charge in [-0.25, -0.2) is 4.98 Å². The number of nitrogens with zero attached hydrogens (tertiary/aromatic N) is 1. The highest BCUT2D eigenvalue weighted by Crippen LogP contribution is 2.42. The summed E-state index contributed by atoms with van der Waals surface area (Å²) in [5.74, 6) is 0. The van der Waals surface area contributed by atoms with E-state index in [-0.39, 0.29) is 11.5 Å². The van der Waals surface area contributed by atoms with Gasteiger partial charge in [-0.05, 0) is 40.9 Å². The molecule has 1 aliphatic carbocycles. The monoisotopic (exact) mass is 284 g/mol. The van der Waals surface area contributed by atoms with Crippen LogP contribution in [0.25, 0.3) is 0 Å². The molecule has 1 aromatic rings. The van der Waals surface area contributed by atoms with Crippen LogP contribution in [0.4, 0.5) is 5.69 Å². The van der Waals surface area contributed by atoms with Crippen molar-refractivity contribution in [2.24, 2.45) is 5.41 Å². The molecule has 0 bridgehead atoms. The average Bonchev–Trinajstić information content (AvgIpc) is 2.23. The van der Waals surface area contributed by atoms with E-state index in [1.807, 2.05) is 13.1 Å². The van der Waals surface area contributed by atoms with Gasteiger partial charge in [0.05, 0.1) is 18.0 Å². The Morgan fingerprint density at radius 2 is 2.25 bits per heavy atom. The first kappa shape index (κ1) is 11.9. The molecular formula is C12H17BrN2O. The highest BCUT2D eigenvalue weighted by Gasteiger charge is 2.47. The Bertz CT molecular complexity index is 406. The Kier molecular flexibility index (Phi) is 2.97. The number of pyridine rings is 1. The van der Waals surface area contributed by atoms with Gasteiger partial charge < -0.3 is 10.4 Å². The molecule has 2 unspecified atom stereocenters. The van der Waals surface area contributed by atoms with Crippen LogP contribution in [0.5, 0.6) is 0 Å². The molecule has 88 valence electrons. The molecule has 0 amide bonds. The van der Waals surface area contributed by atoms with Crippen molar-refractivity contribution in [3.05, 3.63) is 22.4 Å². The van der Waals surface area contributed by atoms with Gasteiger partial charge in [-0.1, -0.05) is 13.8 Å². The highest BCUT2D eigenvalue weighted by molar-refractivity contribution is 9.10. The molecule has 2 atom stereocenters. The first-order valence-electron chi connectivity index (χ1n) is 5.48. The summed E-state index contributed by atoms with van der Waals surface area (Å²) in [5, 5.41) is 13.1. The first-order chi connectivity index (χ1) is 7.41. The molecule has 0 aliphatic heterocycles. The molecule has 16 heavy (non-hydrogen) atoms. The zero-order valence-electron chi connectivity index (χ0n) is 9.79. The lowest BCUT2D eigenvalue weighted by atomic mass is 9.64. The summed E-state index contributed by atoms with van der Waals surface area (Å²) in [4.78, 5) is 4.25. The van der Waals surface area contributed by atoms with E-state index < -0.39 is 0 Å². The molecule has 1 saturated carbocycles. The van der Waals surface area contributed by atoms with Gasteiger partial charge in [-0.3, -0.25) is 0 Å². The number of anilines is 1. The normalized spacial score (nSPS) is 27.3. The summed E-state index contributed by atoms with van der Waals surface area (Å²) < 4.78 is 0.881. The fourth-order valence-electron chi connectivity index (χ4n) is 1.99. The second-order valence-electron chi connectivity index (χ2n) is 5.10. The van der Waals surface area contributed by atoms with Crippen LogP contribution in [-0.4, -0.2) is 22.2 Å². The van der Waals surface area contributed by atoms with Crippen LogP contribution in [0, 0.1) is 12.3 Å². The SMILES string of the molecule is Cc1cc(NC2CC(O)C2(C)C)cnc1Br. The van der Waals surface area contributed by atoms with Crippen LogP contribution in [0.2, 0.25) is 0 Å². The molecule has 3 nitrogen and oxygen atoms in total. The number of hydrogen-bond acceptors (Lipinski definition) is 3. The molecule has 2 rings (SSSR count). The van der Waals surface area contributed by atoms with Gasteiger partial charge in [0.25, 0.3) is 0 Å². The summed E-state index contributed by atoms with van der Waals surface area (Å²) in [7, 11) is 0. The van der Waals surface area contributed by atoms with Gasteiger partial charge in [0.2, 0.25) is 0 Å². The van der Waals surface area contributed by atoms with Gasteiger partial charge in [-0.2, -0.15) is 0 Å². The van der Waals surface area contributed by atoms with E-state index in [9.17, 15) is 5.11 Å². The number of aromatic nitrogens is 1. The Morgan fingerprint density at radius 1 is 1.56 bits per heavy atom. The molecule has 0 saturated heterocycles. The second-order valence-corrected chi connectivity index (χ2v) is 5.85. The average molecular weight is 285 g/mol. The minimum absolute atomic E-state index is 0.0546. The van der Waals surface area contributed by atoms with Crippen LogP contribution >= 0.6 is 15.9 Å². The molecule has 0 radical (unpaired) electrons. The predicted molar refractivity (Wildman–Crippen MR) is 68.5 cm³/mol. The van der Waals surface area contributed by atoms with Crippen molar-refractivity contribution in [2.75, 3.05) is 5.32 Å². The molecule has 0 spiro atoms. The summed E-state index contributed by atoms with van der Waals surface area (Å²) in [6.45, 7) is 6.18. The zero-order valence-corrected chi connectivity index (χ0v) is 11.4. The molecule has 1 fully saturated rings. The van der Waals surface area contributed by atoms with Gasteiger partial charge in [-0.15, -0.1) is 0 Å². The van der Waals surface area contributed by atoms with E-state index in [1.54, 1.807) is 0 Å². The molecule has 0 aromatic carbocycles. The van der Waals surface area contributed by atoms with Crippen molar-refractivity contribution in [2.45, 2.75) is 39.3 Å². The minimum atomic E-state index is -0.200. The van der Waals surface area contributed by atoms with Crippen molar-refractivity contribution >= 4 is 21.6 Å². The van der Waals surface area contributed by atoms with E-state index >= 15 is 0 Å². The van der Waals surface area contributed by atoms with Crippen LogP contribution in [-0.2, 0) is 0 Å². The topological polar surface area (TPSA) is 45.1 Å². The second kappa shape index (κ2) is 4.00. The molecule has 1 heterocycles. The Labute approximate surface area is 104 Å². The smallest absolute Gasteiger partial charge is 0.109 e. The number of halogens is 1. The van der Waals surface area contributed by atoms with Crippen molar-refractivity contribution < 1.29 is 5.11 Å². The summed E-state index contributed by atoms with van der Waals surface area (Å²) in [5.41, 5.74) is 2.08. The molecule has 4 heteroatoms. The Balaban J connectivity index is 2.08. The largest absolute Gasteiger partial charge is 0.392 e. The van der Waals surface area contributed by atoms with E-state index in [0.29, 0.717) is 6.04 Å². The zero-order chi connectivity index (χ0) is 11.9. The van der Waals surface area contributed by atoms with Crippen molar-refractivity contribution in [1.29, 1.82) is 0 Å². The maximum absolute atomic E-state index is 9.66. The number of aliphatic hydroxyl groups is 1. The third kappa shape index (κ3) is 1.96. The fourth-order valence-corrected chi connectivity index (χ4v) is 2.20. The lowest BCUT2D eigenvalue weighted by Gasteiger charge is -2.49. The molecule has 1 aliphatic rings. The number of hydrogen-bond donors (Lipinski definition) is 2. The third-order valence-corrected chi connectivity index (χ3v) is 4.40. The van der Waals surface area contributed by atoms with E-state index in [0.717, 1.165) is 22.3 Å². The maximum Gasteiger partial charge on any atom is 0.109 e. The number of aryl methyl sites for hydroxylation is 1. The minimum Gasteiger partial charge on any atom is -0.392 e. The fraction of sp³-hybridized carbons (Fsp3) is 0.583. The highest BCUT2D eigenvalue weighted by atomic mass is 79.9. The summed E-state index contributed by atoms with van der Waals surface area (Å²) in [6.07, 6.45) is 2.43. The Morgan fingerprint density at radius 3 is 2.75 bits per heavy atom. The summed E-state index contributed by atoms with van der Waals surface area (Å²) in [6, 6.07) is 2.39. The lowest BCUT2D eigenvalue weighted by molar-refractivity contribution is -0.0510. The molecular weight excluding hydrogens is 268 g/mol. The lowest BCUT2D eigenvalue weighted by Crippen LogP contribution is -2.56. The van der Waals surface area contributed by atoms with E-state index in [2.05, 4.69) is 46.1 Å². The standard InChI is InChI=1S/C12H17BrN2O/c1-7-4-8(6-14-11(7)13)15-9-5-10(16)12(9,2)3/h4,6,9-10,15-16H,5H2,1-3H3. The first-order valence-corrected chi connectivity index (χ1v) is 6.27. The van der Waals surface area contributed by atoms with E-state index in [4.69, 9.17) is 0 Å². The van der Waals surface area contributed by atoms with Gasteiger partial charge in [0.1, 0.15) is 4.60 Å². The predicted octanol–water partition coefficient (Wildman–Crippen LogP) is 2.72. The van der Waals surface area contributed by atoms with Gasteiger partial charge >= 0.3 is 0 Å². The quantitative estimate of drug-likeness (QED) is 0.821. The molecule has 2 N–H and O–H groups in total. The Hall–Kier alpha value is -0.610. The third-order valence-electron chi connectivity index (χ3n) is 3.57. The van der Waals surface area contributed by atoms with Crippen molar-refractivity contribution in [1.82, 2.24) is 4.98 Å². The number of aliphatic hydroxyl groups excluding tert-OH is 1. The van der Waals surface area contributed by atoms with Crippen LogP contribution in [0.1, 0.15) is 25.8 Å². The van der Waals surface area contributed by atoms with Crippen molar-refractivity contribution in [3.8, 4) is 0 Å². The van der Waals surface area contributed by atoms with Crippen LogP contribution < -0.4 is 5.32 Å². The van der Waals surface area contributed by atoms with Crippen LogP contribution in [0.3, 0.4) is 0 Å². The maximum atomic E-state index is 9.66. The molecule has 1 aromatic heterocycles.